The fourth-order valence-corrected chi connectivity index (χ4v) is 2.12. The summed E-state index contributed by atoms with van der Waals surface area (Å²) in [5.74, 6) is 1.73. The molecule has 1 N–H and O–H groups in total. The lowest BCUT2D eigenvalue weighted by Gasteiger charge is -2.09. The third-order valence-electron chi connectivity index (χ3n) is 3.22. The first-order valence-electron chi connectivity index (χ1n) is 6.80. The van der Waals surface area contributed by atoms with Crippen molar-refractivity contribution in [2.75, 3.05) is 25.6 Å². The molecular formula is C14H22N4O2. The number of ether oxygens (including phenoxy) is 1. The zero-order valence-electron chi connectivity index (χ0n) is 12.6. The van der Waals surface area contributed by atoms with Gasteiger partial charge < -0.3 is 19.1 Å². The van der Waals surface area contributed by atoms with Gasteiger partial charge in [-0.1, -0.05) is 5.16 Å². The van der Waals surface area contributed by atoms with Crippen molar-refractivity contribution in [1.29, 1.82) is 0 Å². The van der Waals surface area contributed by atoms with E-state index >= 15 is 0 Å². The molecule has 110 valence electrons. The van der Waals surface area contributed by atoms with Crippen molar-refractivity contribution in [3.63, 3.8) is 0 Å². The van der Waals surface area contributed by atoms with Gasteiger partial charge >= 0.3 is 0 Å². The van der Waals surface area contributed by atoms with Crippen LogP contribution in [0.25, 0.3) is 0 Å². The van der Waals surface area contributed by atoms with Crippen LogP contribution in [-0.4, -0.2) is 35.0 Å². The second-order valence-corrected chi connectivity index (χ2v) is 4.91. The Hall–Kier alpha value is -1.82. The van der Waals surface area contributed by atoms with Gasteiger partial charge in [0.15, 0.2) is 0 Å². The summed E-state index contributed by atoms with van der Waals surface area (Å²) in [5.41, 5.74) is 3.03. The standard InChI is InChI=1S/C14H22N4O2/c1-10-8-18(9-13-11(2)17-20-12(13)3)14(16-10)15-6-5-7-19-4/h8H,5-7,9H2,1-4H3,(H,15,16). The Bertz CT molecular complexity index is 540. The Labute approximate surface area is 119 Å². The smallest absolute Gasteiger partial charge is 0.203 e. The molecule has 6 nitrogen and oxygen atoms in total. The molecule has 0 aliphatic rings. The first kappa shape index (κ1) is 14.6. The molecule has 0 fully saturated rings. The largest absolute Gasteiger partial charge is 0.385 e. The molecule has 20 heavy (non-hydrogen) atoms. The molecular weight excluding hydrogens is 256 g/mol. The molecule has 0 saturated carbocycles. The summed E-state index contributed by atoms with van der Waals surface area (Å²) in [6.07, 6.45) is 2.98. The minimum absolute atomic E-state index is 0.717. The summed E-state index contributed by atoms with van der Waals surface area (Å²) in [5, 5.41) is 7.33. The van der Waals surface area contributed by atoms with E-state index < -0.39 is 0 Å². The van der Waals surface area contributed by atoms with Crippen LogP contribution in [0.2, 0.25) is 0 Å². The average molecular weight is 278 g/mol. The number of anilines is 1. The Morgan fingerprint density at radius 1 is 1.35 bits per heavy atom. The summed E-state index contributed by atoms with van der Waals surface area (Å²) < 4.78 is 12.3. The van der Waals surface area contributed by atoms with Gasteiger partial charge in [-0.2, -0.15) is 0 Å². The van der Waals surface area contributed by atoms with Crippen molar-refractivity contribution in [1.82, 2.24) is 14.7 Å². The van der Waals surface area contributed by atoms with Gasteiger partial charge in [-0.15, -0.1) is 0 Å². The number of nitrogens with zero attached hydrogens (tertiary/aromatic N) is 3. The molecule has 0 bridgehead atoms. The van der Waals surface area contributed by atoms with Crippen LogP contribution in [0.3, 0.4) is 0 Å². The zero-order valence-corrected chi connectivity index (χ0v) is 12.6. The van der Waals surface area contributed by atoms with Gasteiger partial charge in [0.25, 0.3) is 0 Å². The number of imidazole rings is 1. The quantitative estimate of drug-likeness (QED) is 0.787. The zero-order chi connectivity index (χ0) is 14.5. The Morgan fingerprint density at radius 2 is 2.15 bits per heavy atom. The van der Waals surface area contributed by atoms with Crippen LogP contribution in [0, 0.1) is 20.8 Å². The summed E-state index contributed by atoms with van der Waals surface area (Å²) in [6.45, 7) is 8.19. The average Bonchev–Trinajstić information content (AvgIpc) is 2.92. The molecule has 0 saturated heterocycles. The number of aryl methyl sites for hydroxylation is 3. The highest BCUT2D eigenvalue weighted by Crippen LogP contribution is 2.17. The first-order chi connectivity index (χ1) is 9.61. The Morgan fingerprint density at radius 3 is 2.80 bits per heavy atom. The monoisotopic (exact) mass is 278 g/mol. The molecule has 0 spiro atoms. The molecule has 2 aromatic rings. The predicted octanol–water partition coefficient (Wildman–Crippen LogP) is 2.29. The molecule has 0 unspecified atom stereocenters. The van der Waals surface area contributed by atoms with Crippen LogP contribution < -0.4 is 5.32 Å². The van der Waals surface area contributed by atoms with E-state index in [0.717, 1.165) is 48.2 Å². The number of hydrogen-bond donors (Lipinski definition) is 1. The molecule has 0 radical (unpaired) electrons. The van der Waals surface area contributed by atoms with Gasteiger partial charge in [0.2, 0.25) is 5.95 Å². The van der Waals surface area contributed by atoms with Crippen molar-refractivity contribution in [2.24, 2.45) is 0 Å². The van der Waals surface area contributed by atoms with Crippen molar-refractivity contribution in [3.8, 4) is 0 Å². The van der Waals surface area contributed by atoms with E-state index in [1.807, 2.05) is 27.0 Å². The van der Waals surface area contributed by atoms with Crippen LogP contribution in [0.15, 0.2) is 10.7 Å². The topological polar surface area (TPSA) is 65.1 Å². The van der Waals surface area contributed by atoms with Gasteiger partial charge in [0.1, 0.15) is 5.76 Å². The molecule has 0 aliphatic carbocycles. The lowest BCUT2D eigenvalue weighted by atomic mass is 10.2. The second kappa shape index (κ2) is 6.56. The summed E-state index contributed by atoms with van der Waals surface area (Å²) in [6, 6.07) is 0. The van der Waals surface area contributed by atoms with Crippen molar-refractivity contribution in [2.45, 2.75) is 33.7 Å². The molecule has 2 rings (SSSR count). The normalized spacial score (nSPS) is 11.0. The number of rotatable bonds is 7. The van der Waals surface area contributed by atoms with Crippen molar-refractivity contribution < 1.29 is 9.26 Å². The first-order valence-corrected chi connectivity index (χ1v) is 6.80. The maximum Gasteiger partial charge on any atom is 0.203 e. The second-order valence-electron chi connectivity index (χ2n) is 4.91. The molecule has 2 heterocycles. The van der Waals surface area contributed by atoms with Crippen molar-refractivity contribution in [3.05, 3.63) is 28.9 Å². The van der Waals surface area contributed by atoms with E-state index in [2.05, 4.69) is 20.0 Å². The van der Waals surface area contributed by atoms with Crippen LogP contribution >= 0.6 is 0 Å². The van der Waals surface area contributed by atoms with Crippen LogP contribution in [0.5, 0.6) is 0 Å². The third kappa shape index (κ3) is 3.39. The molecule has 0 amide bonds. The highest BCUT2D eigenvalue weighted by Gasteiger charge is 2.12. The summed E-state index contributed by atoms with van der Waals surface area (Å²) in [7, 11) is 1.71. The van der Waals surface area contributed by atoms with E-state index in [1.54, 1.807) is 7.11 Å². The van der Waals surface area contributed by atoms with Crippen molar-refractivity contribution >= 4 is 5.95 Å². The Balaban J connectivity index is 2.07. The van der Waals surface area contributed by atoms with E-state index in [4.69, 9.17) is 9.26 Å². The van der Waals surface area contributed by atoms with E-state index in [1.165, 1.54) is 0 Å². The highest BCUT2D eigenvalue weighted by atomic mass is 16.5. The number of aromatic nitrogens is 3. The van der Waals surface area contributed by atoms with Gasteiger partial charge in [0, 0.05) is 32.0 Å². The molecule has 0 aromatic carbocycles. The Kier molecular flexibility index (Phi) is 4.79. The maximum atomic E-state index is 5.21. The molecule has 0 aliphatic heterocycles. The van der Waals surface area contributed by atoms with Gasteiger partial charge in [-0.25, -0.2) is 4.98 Å². The van der Waals surface area contributed by atoms with Crippen LogP contribution in [0.4, 0.5) is 5.95 Å². The van der Waals surface area contributed by atoms with Crippen LogP contribution in [-0.2, 0) is 11.3 Å². The molecule has 6 heteroatoms. The lowest BCUT2D eigenvalue weighted by Crippen LogP contribution is -2.11. The van der Waals surface area contributed by atoms with E-state index in [-0.39, 0.29) is 0 Å². The lowest BCUT2D eigenvalue weighted by molar-refractivity contribution is 0.197. The minimum Gasteiger partial charge on any atom is -0.385 e. The minimum atomic E-state index is 0.717. The predicted molar refractivity (Wildman–Crippen MR) is 77.0 cm³/mol. The number of methoxy groups -OCH3 is 1. The van der Waals surface area contributed by atoms with Gasteiger partial charge in [-0.3, -0.25) is 0 Å². The highest BCUT2D eigenvalue weighted by molar-refractivity contribution is 5.31. The van der Waals surface area contributed by atoms with E-state index in [9.17, 15) is 0 Å². The fourth-order valence-electron chi connectivity index (χ4n) is 2.12. The maximum absolute atomic E-state index is 5.21. The summed E-state index contributed by atoms with van der Waals surface area (Å²) >= 11 is 0. The number of hydrogen-bond acceptors (Lipinski definition) is 5. The van der Waals surface area contributed by atoms with Gasteiger partial charge in [0.05, 0.1) is 17.9 Å². The number of nitrogens with one attached hydrogen (secondary N) is 1. The van der Waals surface area contributed by atoms with Gasteiger partial charge in [-0.05, 0) is 27.2 Å². The SMILES string of the molecule is COCCCNc1nc(C)cn1Cc1c(C)noc1C. The molecule has 2 aromatic heterocycles. The summed E-state index contributed by atoms with van der Waals surface area (Å²) in [4.78, 5) is 4.51. The third-order valence-corrected chi connectivity index (χ3v) is 3.22. The van der Waals surface area contributed by atoms with E-state index in [0.29, 0.717) is 6.54 Å². The fraction of sp³-hybridized carbons (Fsp3) is 0.571. The molecule has 0 atom stereocenters. The van der Waals surface area contributed by atoms with Crippen LogP contribution in [0.1, 0.15) is 29.1 Å².